The molecule has 27 heavy (non-hydrogen) atoms. The molecule has 0 aliphatic carbocycles. The topological polar surface area (TPSA) is 79.9 Å². The lowest BCUT2D eigenvalue weighted by Crippen LogP contribution is -2.30. The van der Waals surface area contributed by atoms with Crippen LogP contribution in [0, 0.1) is 0 Å². The number of ether oxygens (including phenoxy) is 1. The van der Waals surface area contributed by atoms with Gasteiger partial charge in [0.25, 0.3) is 0 Å². The third-order valence-electron chi connectivity index (χ3n) is 3.84. The standard InChI is InChI=1S/C19H19ClN4O2S/c1-12(18(25)21-11-13-6-4-3-5-7-13)27-19-22-17(23-24-19)15-10-14(20)8-9-16(15)26-2/h3-10,12H,11H2,1-2H3,(H,21,25)(H,22,23,24)/t12-/m1/s1. The summed E-state index contributed by atoms with van der Waals surface area (Å²) in [4.78, 5) is 16.8. The third-order valence-corrected chi connectivity index (χ3v) is 5.04. The molecule has 0 fully saturated rings. The molecule has 1 aromatic heterocycles. The molecule has 0 saturated heterocycles. The number of hydrogen-bond donors (Lipinski definition) is 2. The zero-order valence-corrected chi connectivity index (χ0v) is 16.5. The van der Waals surface area contributed by atoms with Gasteiger partial charge in [0.2, 0.25) is 11.1 Å². The Morgan fingerprint density at radius 2 is 2.07 bits per heavy atom. The number of amides is 1. The van der Waals surface area contributed by atoms with Crippen molar-refractivity contribution in [1.29, 1.82) is 0 Å². The largest absolute Gasteiger partial charge is 0.496 e. The van der Waals surface area contributed by atoms with Crippen LogP contribution in [0.15, 0.2) is 53.7 Å². The van der Waals surface area contributed by atoms with E-state index in [0.717, 1.165) is 5.56 Å². The number of aromatic amines is 1. The van der Waals surface area contributed by atoms with Crippen molar-refractivity contribution >= 4 is 29.3 Å². The van der Waals surface area contributed by atoms with Crippen molar-refractivity contribution in [3.05, 3.63) is 59.1 Å². The van der Waals surface area contributed by atoms with Crippen molar-refractivity contribution in [1.82, 2.24) is 20.5 Å². The monoisotopic (exact) mass is 402 g/mol. The van der Waals surface area contributed by atoms with Crippen LogP contribution in [0.4, 0.5) is 0 Å². The van der Waals surface area contributed by atoms with E-state index in [1.54, 1.807) is 25.3 Å². The number of hydrogen-bond acceptors (Lipinski definition) is 5. The Hall–Kier alpha value is -2.51. The number of thioether (sulfide) groups is 1. The second-order valence-electron chi connectivity index (χ2n) is 5.77. The van der Waals surface area contributed by atoms with E-state index in [1.165, 1.54) is 11.8 Å². The average Bonchev–Trinajstić information content (AvgIpc) is 3.15. The van der Waals surface area contributed by atoms with Gasteiger partial charge in [0.15, 0.2) is 5.82 Å². The summed E-state index contributed by atoms with van der Waals surface area (Å²) >= 11 is 7.35. The number of nitrogens with one attached hydrogen (secondary N) is 2. The molecule has 0 unspecified atom stereocenters. The van der Waals surface area contributed by atoms with E-state index in [-0.39, 0.29) is 11.2 Å². The van der Waals surface area contributed by atoms with Gasteiger partial charge in [0, 0.05) is 11.6 Å². The number of H-pyrrole nitrogens is 1. The van der Waals surface area contributed by atoms with Crippen LogP contribution in [-0.2, 0) is 11.3 Å². The number of carbonyl (C=O) groups is 1. The van der Waals surface area contributed by atoms with Gasteiger partial charge >= 0.3 is 0 Å². The van der Waals surface area contributed by atoms with Gasteiger partial charge in [-0.15, -0.1) is 5.10 Å². The van der Waals surface area contributed by atoms with Gasteiger partial charge in [-0.2, -0.15) is 0 Å². The number of carbonyl (C=O) groups excluding carboxylic acids is 1. The molecule has 2 N–H and O–H groups in total. The Bertz CT molecular complexity index is 917. The van der Waals surface area contributed by atoms with E-state index in [1.807, 2.05) is 37.3 Å². The molecule has 0 bridgehead atoms. The third kappa shape index (κ3) is 5.02. The minimum absolute atomic E-state index is 0.0736. The molecule has 2 aromatic carbocycles. The normalized spacial score (nSPS) is 11.8. The Morgan fingerprint density at radius 1 is 1.30 bits per heavy atom. The molecule has 8 heteroatoms. The zero-order chi connectivity index (χ0) is 19.2. The number of benzene rings is 2. The molecule has 3 rings (SSSR count). The van der Waals surface area contributed by atoms with Crippen LogP contribution in [0.5, 0.6) is 5.75 Å². The van der Waals surface area contributed by atoms with Crippen LogP contribution in [0.1, 0.15) is 12.5 Å². The minimum Gasteiger partial charge on any atom is -0.496 e. The van der Waals surface area contributed by atoms with E-state index in [9.17, 15) is 4.79 Å². The summed E-state index contributed by atoms with van der Waals surface area (Å²) in [6.07, 6.45) is 0. The molecular weight excluding hydrogens is 384 g/mol. The van der Waals surface area contributed by atoms with E-state index in [2.05, 4.69) is 20.5 Å². The van der Waals surface area contributed by atoms with Gasteiger partial charge in [0.05, 0.1) is 17.9 Å². The van der Waals surface area contributed by atoms with Gasteiger partial charge < -0.3 is 10.1 Å². The van der Waals surface area contributed by atoms with Crippen molar-refractivity contribution < 1.29 is 9.53 Å². The summed E-state index contributed by atoms with van der Waals surface area (Å²) in [7, 11) is 1.58. The lowest BCUT2D eigenvalue weighted by Gasteiger charge is -2.10. The zero-order valence-electron chi connectivity index (χ0n) is 14.9. The van der Waals surface area contributed by atoms with Crippen molar-refractivity contribution in [2.24, 2.45) is 0 Å². The Balaban J connectivity index is 1.63. The summed E-state index contributed by atoms with van der Waals surface area (Å²) < 4.78 is 5.34. The first-order valence-corrected chi connectivity index (χ1v) is 9.57. The first-order chi connectivity index (χ1) is 13.1. The van der Waals surface area contributed by atoms with E-state index in [0.29, 0.717) is 33.9 Å². The Morgan fingerprint density at radius 3 is 2.81 bits per heavy atom. The Kier molecular flexibility index (Phi) is 6.36. The minimum atomic E-state index is -0.335. The molecule has 3 aromatic rings. The summed E-state index contributed by atoms with van der Waals surface area (Å²) in [6.45, 7) is 2.31. The maximum absolute atomic E-state index is 12.3. The van der Waals surface area contributed by atoms with E-state index >= 15 is 0 Å². The SMILES string of the molecule is COc1ccc(Cl)cc1-c1nc(S[C@H](C)C(=O)NCc2ccccc2)n[nH]1. The molecular formula is C19H19ClN4O2S. The summed E-state index contributed by atoms with van der Waals surface area (Å²) in [5.74, 6) is 1.10. The molecule has 0 saturated carbocycles. The molecule has 1 heterocycles. The molecule has 0 aliphatic heterocycles. The maximum Gasteiger partial charge on any atom is 0.233 e. The van der Waals surface area contributed by atoms with Crippen molar-refractivity contribution in [3.8, 4) is 17.1 Å². The highest BCUT2D eigenvalue weighted by Crippen LogP contribution is 2.31. The fourth-order valence-corrected chi connectivity index (χ4v) is 3.35. The number of rotatable bonds is 7. The van der Waals surface area contributed by atoms with Crippen LogP contribution in [0.2, 0.25) is 5.02 Å². The second-order valence-corrected chi connectivity index (χ2v) is 7.52. The van der Waals surface area contributed by atoms with Crippen LogP contribution in [0.25, 0.3) is 11.4 Å². The predicted molar refractivity (Wildman–Crippen MR) is 107 cm³/mol. The molecule has 140 valence electrons. The molecule has 0 spiro atoms. The van der Waals surface area contributed by atoms with Crippen LogP contribution in [0.3, 0.4) is 0 Å². The Labute approximate surface area is 166 Å². The van der Waals surface area contributed by atoms with Gasteiger partial charge in [0.1, 0.15) is 5.75 Å². The molecule has 1 atom stereocenters. The summed E-state index contributed by atoms with van der Waals surface area (Å²) in [6, 6.07) is 15.0. The lowest BCUT2D eigenvalue weighted by molar-refractivity contribution is -0.120. The van der Waals surface area contributed by atoms with Gasteiger partial charge in [-0.3, -0.25) is 9.89 Å². The van der Waals surface area contributed by atoms with Crippen LogP contribution in [-0.4, -0.2) is 33.4 Å². The smallest absolute Gasteiger partial charge is 0.233 e. The van der Waals surface area contributed by atoms with E-state index in [4.69, 9.17) is 16.3 Å². The number of halogens is 1. The first-order valence-electron chi connectivity index (χ1n) is 8.31. The lowest BCUT2D eigenvalue weighted by atomic mass is 10.2. The average molecular weight is 403 g/mol. The first kappa shape index (κ1) is 19.3. The highest BCUT2D eigenvalue weighted by Gasteiger charge is 2.18. The summed E-state index contributed by atoms with van der Waals surface area (Å²) in [5, 5.41) is 10.7. The molecule has 0 radical (unpaired) electrons. The highest BCUT2D eigenvalue weighted by atomic mass is 35.5. The molecule has 1 amide bonds. The molecule has 0 aliphatic rings. The number of nitrogens with zero attached hydrogens (tertiary/aromatic N) is 2. The number of aromatic nitrogens is 3. The maximum atomic E-state index is 12.3. The van der Waals surface area contributed by atoms with E-state index < -0.39 is 0 Å². The quantitative estimate of drug-likeness (QED) is 0.585. The highest BCUT2D eigenvalue weighted by molar-refractivity contribution is 8.00. The predicted octanol–water partition coefficient (Wildman–Crippen LogP) is 3.93. The fraction of sp³-hybridized carbons (Fsp3) is 0.211. The van der Waals surface area contributed by atoms with Gasteiger partial charge in [-0.25, -0.2) is 4.98 Å². The van der Waals surface area contributed by atoms with Gasteiger partial charge in [-0.1, -0.05) is 53.7 Å². The number of methoxy groups -OCH3 is 1. The van der Waals surface area contributed by atoms with Gasteiger partial charge in [-0.05, 0) is 30.7 Å². The second kappa shape index (κ2) is 8.92. The van der Waals surface area contributed by atoms with Crippen LogP contribution >= 0.6 is 23.4 Å². The molecule has 6 nitrogen and oxygen atoms in total. The van der Waals surface area contributed by atoms with Crippen LogP contribution < -0.4 is 10.1 Å². The van der Waals surface area contributed by atoms with Crippen molar-refractivity contribution in [2.75, 3.05) is 7.11 Å². The van der Waals surface area contributed by atoms with Crippen molar-refractivity contribution in [3.63, 3.8) is 0 Å². The van der Waals surface area contributed by atoms with Crippen molar-refractivity contribution in [2.45, 2.75) is 23.9 Å². The fourth-order valence-electron chi connectivity index (χ4n) is 2.43. The summed E-state index contributed by atoms with van der Waals surface area (Å²) in [5.41, 5.74) is 1.77.